The molecule has 0 bridgehead atoms. The number of anilines is 2. The third-order valence-corrected chi connectivity index (χ3v) is 4.41. The quantitative estimate of drug-likeness (QED) is 0.866. The van der Waals surface area contributed by atoms with Crippen LogP contribution in [0, 0.1) is 11.8 Å². The molecule has 1 aromatic heterocycles. The van der Waals surface area contributed by atoms with Gasteiger partial charge in [0, 0.05) is 11.4 Å². The minimum absolute atomic E-state index is 0.333. The number of nitrogens with one attached hydrogen (secondary N) is 1. The lowest BCUT2D eigenvalue weighted by Crippen LogP contribution is -2.25. The molecule has 1 saturated carbocycles. The number of fused-ring (bicyclic) bond motifs is 1. The van der Waals surface area contributed by atoms with Crippen molar-refractivity contribution in [3.8, 4) is 0 Å². The summed E-state index contributed by atoms with van der Waals surface area (Å²) in [6, 6.07) is 8.47. The van der Waals surface area contributed by atoms with Gasteiger partial charge in [0.05, 0.1) is 5.52 Å². The number of aromatic nitrogens is 2. The van der Waals surface area contributed by atoms with E-state index in [9.17, 15) is 0 Å². The van der Waals surface area contributed by atoms with Gasteiger partial charge in [0.1, 0.15) is 5.82 Å². The van der Waals surface area contributed by atoms with Crippen LogP contribution in [-0.2, 0) is 0 Å². The van der Waals surface area contributed by atoms with Crippen molar-refractivity contribution in [2.24, 2.45) is 11.8 Å². The zero-order valence-electron chi connectivity index (χ0n) is 11.4. The molecule has 4 nitrogen and oxygen atoms in total. The van der Waals surface area contributed by atoms with Crippen molar-refractivity contribution in [1.29, 1.82) is 0 Å². The van der Waals surface area contributed by atoms with Crippen molar-refractivity contribution >= 4 is 22.7 Å². The monoisotopic (exact) mass is 256 g/mol. The number of nitrogens with two attached hydrogens (primary N) is 1. The van der Waals surface area contributed by atoms with E-state index in [1.165, 1.54) is 12.8 Å². The topological polar surface area (TPSA) is 63.8 Å². The Morgan fingerprint density at radius 3 is 2.68 bits per heavy atom. The Balaban J connectivity index is 1.96. The highest BCUT2D eigenvalue weighted by atomic mass is 15.1. The summed E-state index contributed by atoms with van der Waals surface area (Å²) in [6.07, 6.45) is 2.47. The Bertz CT molecular complexity index is 596. The SMILES string of the molecule is CC1CCC(Nc2nc(N)nc3ccccc23)C1C. The van der Waals surface area contributed by atoms with E-state index < -0.39 is 0 Å². The molecule has 3 atom stereocenters. The molecule has 2 aromatic rings. The molecule has 0 radical (unpaired) electrons. The van der Waals surface area contributed by atoms with Crippen LogP contribution in [0.1, 0.15) is 26.7 Å². The van der Waals surface area contributed by atoms with Gasteiger partial charge >= 0.3 is 0 Å². The molecular weight excluding hydrogens is 236 g/mol. The Hall–Kier alpha value is -1.84. The zero-order chi connectivity index (χ0) is 13.4. The van der Waals surface area contributed by atoms with Gasteiger partial charge < -0.3 is 11.1 Å². The second-order valence-electron chi connectivity index (χ2n) is 5.61. The maximum Gasteiger partial charge on any atom is 0.222 e. The molecule has 19 heavy (non-hydrogen) atoms. The van der Waals surface area contributed by atoms with E-state index in [2.05, 4.69) is 29.1 Å². The molecule has 3 unspecified atom stereocenters. The van der Waals surface area contributed by atoms with Crippen LogP contribution in [0.2, 0.25) is 0 Å². The fourth-order valence-corrected chi connectivity index (χ4v) is 2.95. The standard InChI is InChI=1S/C15H20N4/c1-9-7-8-12(10(9)2)17-14-11-5-3-4-6-13(11)18-15(16)19-14/h3-6,9-10,12H,7-8H2,1-2H3,(H3,16,17,18,19). The van der Waals surface area contributed by atoms with Crippen LogP contribution in [-0.4, -0.2) is 16.0 Å². The van der Waals surface area contributed by atoms with Gasteiger partial charge in [0.15, 0.2) is 0 Å². The average molecular weight is 256 g/mol. The Kier molecular flexibility index (Phi) is 3.01. The van der Waals surface area contributed by atoms with Gasteiger partial charge in [-0.1, -0.05) is 26.0 Å². The number of benzene rings is 1. The summed E-state index contributed by atoms with van der Waals surface area (Å²) in [7, 11) is 0. The molecule has 3 N–H and O–H groups in total. The minimum atomic E-state index is 0.333. The first-order valence-electron chi connectivity index (χ1n) is 6.94. The van der Waals surface area contributed by atoms with E-state index in [1.54, 1.807) is 0 Å². The molecular formula is C15H20N4. The third kappa shape index (κ3) is 2.23. The number of nitrogens with zero attached hydrogens (tertiary/aromatic N) is 2. The number of hydrogen-bond donors (Lipinski definition) is 2. The number of rotatable bonds is 2. The number of hydrogen-bond acceptors (Lipinski definition) is 4. The van der Waals surface area contributed by atoms with Gasteiger partial charge in [-0.2, -0.15) is 4.98 Å². The highest BCUT2D eigenvalue weighted by Gasteiger charge is 2.30. The molecule has 1 aliphatic rings. The lowest BCUT2D eigenvalue weighted by Gasteiger charge is -2.21. The molecule has 0 aliphatic heterocycles. The van der Waals surface area contributed by atoms with E-state index >= 15 is 0 Å². The van der Waals surface area contributed by atoms with E-state index in [0.717, 1.165) is 22.6 Å². The van der Waals surface area contributed by atoms with Gasteiger partial charge in [-0.15, -0.1) is 0 Å². The van der Waals surface area contributed by atoms with Gasteiger partial charge in [0.25, 0.3) is 0 Å². The first-order valence-corrected chi connectivity index (χ1v) is 6.94. The van der Waals surface area contributed by atoms with Crippen molar-refractivity contribution in [2.75, 3.05) is 11.1 Å². The molecule has 0 amide bonds. The van der Waals surface area contributed by atoms with E-state index in [1.807, 2.05) is 24.3 Å². The molecule has 1 heterocycles. The smallest absolute Gasteiger partial charge is 0.222 e. The Labute approximate surface area is 113 Å². The summed E-state index contributed by atoms with van der Waals surface area (Å²) in [5.41, 5.74) is 6.70. The highest BCUT2D eigenvalue weighted by Crippen LogP contribution is 2.34. The van der Waals surface area contributed by atoms with Gasteiger partial charge in [0.2, 0.25) is 5.95 Å². The van der Waals surface area contributed by atoms with Crippen LogP contribution in [0.3, 0.4) is 0 Å². The summed E-state index contributed by atoms with van der Waals surface area (Å²) in [4.78, 5) is 8.65. The molecule has 0 saturated heterocycles. The van der Waals surface area contributed by atoms with E-state index in [0.29, 0.717) is 17.9 Å². The first-order chi connectivity index (χ1) is 9.15. The van der Waals surface area contributed by atoms with Crippen molar-refractivity contribution in [3.63, 3.8) is 0 Å². The van der Waals surface area contributed by atoms with Crippen LogP contribution in [0.15, 0.2) is 24.3 Å². The summed E-state index contributed by atoms with van der Waals surface area (Å²) in [5, 5.41) is 4.62. The molecule has 0 spiro atoms. The predicted octanol–water partition coefficient (Wildman–Crippen LogP) is 3.06. The van der Waals surface area contributed by atoms with E-state index in [4.69, 9.17) is 5.73 Å². The molecule has 1 aromatic carbocycles. The van der Waals surface area contributed by atoms with Crippen LogP contribution < -0.4 is 11.1 Å². The maximum atomic E-state index is 5.80. The van der Waals surface area contributed by atoms with Crippen molar-refractivity contribution in [2.45, 2.75) is 32.7 Å². The van der Waals surface area contributed by atoms with Gasteiger partial charge in [-0.25, -0.2) is 4.98 Å². The second-order valence-corrected chi connectivity index (χ2v) is 5.61. The van der Waals surface area contributed by atoms with Crippen molar-refractivity contribution < 1.29 is 0 Å². The average Bonchev–Trinajstić information content (AvgIpc) is 2.70. The fraction of sp³-hybridized carbons (Fsp3) is 0.467. The zero-order valence-corrected chi connectivity index (χ0v) is 11.4. The van der Waals surface area contributed by atoms with Crippen molar-refractivity contribution in [3.05, 3.63) is 24.3 Å². The van der Waals surface area contributed by atoms with Crippen LogP contribution in [0.4, 0.5) is 11.8 Å². The summed E-state index contributed by atoms with van der Waals surface area (Å²) in [5.74, 6) is 2.63. The van der Waals surface area contributed by atoms with Crippen LogP contribution in [0.5, 0.6) is 0 Å². The summed E-state index contributed by atoms with van der Waals surface area (Å²) in [6.45, 7) is 4.63. The first kappa shape index (κ1) is 12.2. The van der Waals surface area contributed by atoms with E-state index in [-0.39, 0.29) is 0 Å². The lowest BCUT2D eigenvalue weighted by atomic mass is 9.98. The maximum absolute atomic E-state index is 5.80. The molecule has 100 valence electrons. The minimum Gasteiger partial charge on any atom is -0.368 e. The van der Waals surface area contributed by atoms with Gasteiger partial charge in [-0.3, -0.25) is 0 Å². The van der Waals surface area contributed by atoms with Crippen molar-refractivity contribution in [1.82, 2.24) is 9.97 Å². The summed E-state index contributed by atoms with van der Waals surface area (Å²) >= 11 is 0. The highest BCUT2D eigenvalue weighted by molar-refractivity contribution is 5.89. The Morgan fingerprint density at radius 2 is 1.95 bits per heavy atom. The molecule has 1 aliphatic carbocycles. The summed E-state index contributed by atoms with van der Waals surface area (Å²) < 4.78 is 0. The molecule has 1 fully saturated rings. The number of nitrogen functional groups attached to an aromatic ring is 1. The second kappa shape index (κ2) is 4.68. The molecule has 3 rings (SSSR count). The number of para-hydroxylation sites is 1. The third-order valence-electron chi connectivity index (χ3n) is 4.41. The normalized spacial score (nSPS) is 26.7. The fourth-order valence-electron chi connectivity index (χ4n) is 2.95. The lowest BCUT2D eigenvalue weighted by molar-refractivity contribution is 0.435. The Morgan fingerprint density at radius 1 is 1.16 bits per heavy atom. The van der Waals surface area contributed by atoms with Crippen LogP contribution >= 0.6 is 0 Å². The van der Waals surface area contributed by atoms with Crippen LogP contribution in [0.25, 0.3) is 10.9 Å². The largest absolute Gasteiger partial charge is 0.368 e. The molecule has 4 heteroatoms. The van der Waals surface area contributed by atoms with Gasteiger partial charge in [-0.05, 0) is 36.8 Å². The predicted molar refractivity (Wildman–Crippen MR) is 78.9 cm³/mol.